The minimum absolute atomic E-state index is 0.0129. The number of pyridine rings is 1. The molecule has 2 amide bonds. The van der Waals surface area contributed by atoms with Gasteiger partial charge in [0.2, 0.25) is 0 Å². The highest BCUT2D eigenvalue weighted by atomic mass is 35.5. The molecule has 2 aliphatic heterocycles. The van der Waals surface area contributed by atoms with Crippen LogP contribution in [0.25, 0.3) is 0 Å². The zero-order valence-corrected chi connectivity index (χ0v) is 21.2. The fourth-order valence-corrected chi connectivity index (χ4v) is 5.13. The van der Waals surface area contributed by atoms with Gasteiger partial charge in [0.25, 0.3) is 11.8 Å². The Labute approximate surface area is 210 Å². The molecule has 2 saturated heterocycles. The van der Waals surface area contributed by atoms with Crippen LogP contribution in [0.1, 0.15) is 63.7 Å². The van der Waals surface area contributed by atoms with Crippen molar-refractivity contribution in [3.05, 3.63) is 52.9 Å². The van der Waals surface area contributed by atoms with Gasteiger partial charge in [-0.15, -0.1) is 0 Å². The van der Waals surface area contributed by atoms with Crippen molar-refractivity contribution in [2.24, 2.45) is 0 Å². The van der Waals surface area contributed by atoms with Gasteiger partial charge in [0.15, 0.2) is 5.60 Å². The van der Waals surface area contributed by atoms with Crippen molar-refractivity contribution in [1.29, 1.82) is 0 Å². The smallest absolute Gasteiger partial charge is 0.263 e. The molecule has 3 heterocycles. The van der Waals surface area contributed by atoms with E-state index in [0.29, 0.717) is 5.56 Å². The molecule has 2 aliphatic rings. The quantitative estimate of drug-likeness (QED) is 0.583. The number of halogens is 2. The molecule has 2 N–H and O–H groups in total. The van der Waals surface area contributed by atoms with E-state index in [-0.39, 0.29) is 46.8 Å². The maximum Gasteiger partial charge on any atom is 0.263 e. The Hall–Kier alpha value is -2.87. The Morgan fingerprint density at radius 3 is 2.43 bits per heavy atom. The Balaban J connectivity index is 1.38. The molecule has 0 spiro atoms. The summed E-state index contributed by atoms with van der Waals surface area (Å²) in [5, 5.41) is 6.14. The number of nitrogens with zero attached hydrogens (tertiary/aromatic N) is 2. The van der Waals surface area contributed by atoms with Crippen LogP contribution >= 0.6 is 11.6 Å². The van der Waals surface area contributed by atoms with Gasteiger partial charge < -0.3 is 20.3 Å². The van der Waals surface area contributed by atoms with Crippen LogP contribution in [-0.2, 0) is 4.79 Å². The largest absolute Gasteiger partial charge is 0.476 e. The third-order valence-electron chi connectivity index (χ3n) is 6.57. The zero-order valence-electron chi connectivity index (χ0n) is 20.5. The van der Waals surface area contributed by atoms with E-state index in [0.717, 1.165) is 37.6 Å². The van der Waals surface area contributed by atoms with E-state index >= 15 is 0 Å². The first-order valence-corrected chi connectivity index (χ1v) is 12.4. The predicted octanol–water partition coefficient (Wildman–Crippen LogP) is 4.49. The van der Waals surface area contributed by atoms with Gasteiger partial charge in [0.05, 0.1) is 10.6 Å². The fourth-order valence-electron chi connectivity index (χ4n) is 4.93. The second-order valence-electron chi connectivity index (χ2n) is 10.2. The molecule has 2 unspecified atom stereocenters. The van der Waals surface area contributed by atoms with Crippen molar-refractivity contribution >= 4 is 29.2 Å². The number of carbonyl (C=O) groups excluding carboxylic acids is 2. The molecule has 2 bridgehead atoms. The van der Waals surface area contributed by atoms with Crippen LogP contribution in [0.15, 0.2) is 36.5 Å². The van der Waals surface area contributed by atoms with Crippen molar-refractivity contribution < 1.29 is 18.7 Å². The number of nitrogens with one attached hydrogen (secondary N) is 2. The van der Waals surface area contributed by atoms with Crippen LogP contribution in [-0.4, -0.2) is 46.6 Å². The molecule has 2 aromatic rings. The van der Waals surface area contributed by atoms with E-state index < -0.39 is 11.4 Å². The summed E-state index contributed by atoms with van der Waals surface area (Å²) >= 11 is 6.07. The first-order chi connectivity index (χ1) is 16.5. The lowest BCUT2D eigenvalue weighted by atomic mass is 9.96. The predicted molar refractivity (Wildman–Crippen MR) is 133 cm³/mol. The summed E-state index contributed by atoms with van der Waals surface area (Å²) in [6, 6.07) is 8.16. The topological polar surface area (TPSA) is 83.6 Å². The summed E-state index contributed by atoms with van der Waals surface area (Å²) in [6.07, 6.45) is 5.28. The van der Waals surface area contributed by atoms with Gasteiger partial charge in [-0.2, -0.15) is 0 Å². The molecule has 188 valence electrons. The van der Waals surface area contributed by atoms with E-state index in [2.05, 4.69) is 20.5 Å². The maximum atomic E-state index is 13.3. The molecular weight excluding hydrogens is 471 g/mol. The van der Waals surface area contributed by atoms with Crippen LogP contribution in [0.4, 0.5) is 10.2 Å². The van der Waals surface area contributed by atoms with E-state index in [9.17, 15) is 14.0 Å². The van der Waals surface area contributed by atoms with Crippen LogP contribution in [0, 0.1) is 5.82 Å². The normalized spacial score (nSPS) is 21.7. The Bertz CT molecular complexity index is 1080. The minimum atomic E-state index is -1.18. The standard InChI is InChI=1S/C26H32ClFN4O3/c1-15(2)30-24(33)16-5-10-23(29-14-16)32-19-7-8-20(32)13-18(12-19)31-25(34)26(3,4)35-22-9-6-17(28)11-21(22)27/h5-6,9-11,14-15,18-20H,7-8,12-13H2,1-4H3,(H,30,33)(H,31,34). The number of carbonyl (C=O) groups is 2. The number of benzene rings is 1. The van der Waals surface area contributed by atoms with Crippen LogP contribution in [0.2, 0.25) is 5.02 Å². The number of aromatic nitrogens is 1. The minimum Gasteiger partial charge on any atom is -0.476 e. The van der Waals surface area contributed by atoms with Gasteiger partial charge in [-0.1, -0.05) is 11.6 Å². The fraction of sp³-hybridized carbons (Fsp3) is 0.500. The lowest BCUT2D eigenvalue weighted by molar-refractivity contribution is -0.135. The second-order valence-corrected chi connectivity index (χ2v) is 10.6. The highest BCUT2D eigenvalue weighted by Crippen LogP contribution is 2.39. The number of hydrogen-bond acceptors (Lipinski definition) is 5. The van der Waals surface area contributed by atoms with Crippen molar-refractivity contribution in [1.82, 2.24) is 15.6 Å². The third kappa shape index (κ3) is 5.69. The number of anilines is 1. The molecule has 9 heteroatoms. The number of hydrogen-bond donors (Lipinski definition) is 2. The van der Waals surface area contributed by atoms with Gasteiger partial charge in [-0.3, -0.25) is 9.59 Å². The summed E-state index contributed by atoms with van der Waals surface area (Å²) in [4.78, 5) is 32.2. The molecule has 0 saturated carbocycles. The Kier molecular flexibility index (Phi) is 7.22. The lowest BCUT2D eigenvalue weighted by Crippen LogP contribution is -2.55. The van der Waals surface area contributed by atoms with Gasteiger partial charge in [-0.25, -0.2) is 9.37 Å². The number of piperidine rings is 1. The maximum absolute atomic E-state index is 13.3. The Morgan fingerprint density at radius 1 is 1.17 bits per heavy atom. The van der Waals surface area contributed by atoms with Gasteiger partial charge in [-0.05, 0) is 83.7 Å². The average molecular weight is 503 g/mol. The average Bonchev–Trinajstić information content (AvgIpc) is 3.05. The first kappa shape index (κ1) is 25.2. The molecule has 2 fully saturated rings. The SMILES string of the molecule is CC(C)NC(=O)c1ccc(N2C3CCC2CC(NC(=O)C(C)(C)Oc2ccc(F)cc2Cl)C3)nc1. The lowest BCUT2D eigenvalue weighted by Gasteiger charge is -2.40. The summed E-state index contributed by atoms with van der Waals surface area (Å²) in [5.74, 6) is 0.289. The first-order valence-electron chi connectivity index (χ1n) is 12.0. The highest BCUT2D eigenvalue weighted by molar-refractivity contribution is 6.32. The van der Waals surface area contributed by atoms with E-state index in [1.807, 2.05) is 26.0 Å². The molecule has 4 rings (SSSR count). The summed E-state index contributed by atoms with van der Waals surface area (Å²) < 4.78 is 19.2. The molecule has 2 atom stereocenters. The zero-order chi connectivity index (χ0) is 25.3. The molecule has 1 aromatic heterocycles. The molecule has 0 aliphatic carbocycles. The number of amides is 2. The summed E-state index contributed by atoms with van der Waals surface area (Å²) in [7, 11) is 0. The highest BCUT2D eigenvalue weighted by Gasteiger charge is 2.43. The molecular formula is C26H32ClFN4O3. The van der Waals surface area contributed by atoms with Crippen molar-refractivity contribution in [3.63, 3.8) is 0 Å². The summed E-state index contributed by atoms with van der Waals surface area (Å²) in [6.45, 7) is 7.19. The molecule has 1 aromatic carbocycles. The summed E-state index contributed by atoms with van der Waals surface area (Å²) in [5.41, 5.74) is -0.633. The molecule has 0 radical (unpaired) electrons. The third-order valence-corrected chi connectivity index (χ3v) is 6.86. The van der Waals surface area contributed by atoms with Crippen LogP contribution in [0.3, 0.4) is 0 Å². The number of fused-ring (bicyclic) bond motifs is 2. The van der Waals surface area contributed by atoms with Gasteiger partial charge in [0, 0.05) is 30.4 Å². The molecule has 7 nitrogen and oxygen atoms in total. The monoisotopic (exact) mass is 502 g/mol. The second kappa shape index (κ2) is 10.0. The van der Waals surface area contributed by atoms with E-state index in [4.69, 9.17) is 16.3 Å². The van der Waals surface area contributed by atoms with Crippen LogP contribution < -0.4 is 20.3 Å². The van der Waals surface area contributed by atoms with Crippen molar-refractivity contribution in [2.75, 3.05) is 4.90 Å². The van der Waals surface area contributed by atoms with Crippen molar-refractivity contribution in [2.45, 2.75) is 83.1 Å². The van der Waals surface area contributed by atoms with Crippen molar-refractivity contribution in [3.8, 4) is 5.75 Å². The number of rotatable bonds is 7. The van der Waals surface area contributed by atoms with E-state index in [1.54, 1.807) is 20.0 Å². The Morgan fingerprint density at radius 2 is 1.86 bits per heavy atom. The van der Waals surface area contributed by atoms with Crippen LogP contribution in [0.5, 0.6) is 5.75 Å². The molecule has 35 heavy (non-hydrogen) atoms. The van der Waals surface area contributed by atoms with Gasteiger partial charge >= 0.3 is 0 Å². The van der Waals surface area contributed by atoms with E-state index in [1.165, 1.54) is 12.1 Å². The van der Waals surface area contributed by atoms with Gasteiger partial charge in [0.1, 0.15) is 17.4 Å². The number of ether oxygens (including phenoxy) is 1.